The molecule has 0 bridgehead atoms. The van der Waals surface area contributed by atoms with Crippen LogP contribution in [-0.4, -0.2) is 19.6 Å². The number of rotatable bonds is 2. The van der Waals surface area contributed by atoms with Gasteiger partial charge in [-0.25, -0.2) is 4.68 Å². The summed E-state index contributed by atoms with van der Waals surface area (Å²) >= 11 is 6.07. The Morgan fingerprint density at radius 2 is 1.71 bits per heavy atom. The normalized spacial score (nSPS) is 11.1. The molecule has 0 amide bonds. The highest BCUT2D eigenvalue weighted by Gasteiger charge is 2.15. The Balaban J connectivity index is 2.05. The topological polar surface area (TPSA) is 52.7 Å². The van der Waals surface area contributed by atoms with E-state index in [1.807, 2.05) is 49.4 Å². The Bertz CT molecular complexity index is 1100. The minimum atomic E-state index is -0.223. The van der Waals surface area contributed by atoms with Crippen molar-refractivity contribution < 1.29 is 0 Å². The van der Waals surface area contributed by atoms with Crippen molar-refractivity contribution in [3.63, 3.8) is 0 Å². The molecule has 4 aromatic rings. The molecule has 0 aliphatic heterocycles. The van der Waals surface area contributed by atoms with E-state index < -0.39 is 0 Å². The van der Waals surface area contributed by atoms with Crippen LogP contribution in [-0.2, 0) is 0 Å². The Hall–Kier alpha value is -2.92. The predicted molar refractivity (Wildman–Crippen MR) is 94.2 cm³/mol. The maximum Gasteiger partial charge on any atom is 0.298 e. The van der Waals surface area contributed by atoms with Crippen LogP contribution in [0.3, 0.4) is 0 Å². The van der Waals surface area contributed by atoms with E-state index in [0.717, 1.165) is 16.8 Å². The fourth-order valence-corrected chi connectivity index (χ4v) is 2.90. The highest BCUT2D eigenvalue weighted by atomic mass is 35.5. The van der Waals surface area contributed by atoms with Gasteiger partial charge in [-0.2, -0.15) is 14.9 Å². The molecule has 0 spiro atoms. The van der Waals surface area contributed by atoms with E-state index in [1.165, 1.54) is 4.68 Å². The van der Waals surface area contributed by atoms with Crippen molar-refractivity contribution in [2.45, 2.75) is 6.92 Å². The van der Waals surface area contributed by atoms with Crippen LogP contribution in [0.2, 0.25) is 5.02 Å². The molecule has 2 heterocycles. The Morgan fingerprint density at radius 3 is 2.46 bits per heavy atom. The zero-order valence-electron chi connectivity index (χ0n) is 12.8. The summed E-state index contributed by atoms with van der Waals surface area (Å²) in [5.74, 6) is 0. The van der Waals surface area contributed by atoms with E-state index >= 15 is 0 Å². The molecular weight excluding hydrogens is 324 g/mol. The van der Waals surface area contributed by atoms with Gasteiger partial charge in [-0.1, -0.05) is 35.9 Å². The number of halogens is 1. The standard InChI is InChI=1S/C18H13ClN4O/c1-12-16-11-20-22(15-9-5-6-13(19)10-15)17(16)18(24)23(21-12)14-7-3-2-4-8-14/h2-11H,1H3. The summed E-state index contributed by atoms with van der Waals surface area (Å²) in [6, 6.07) is 16.6. The molecule has 5 nitrogen and oxygen atoms in total. The molecule has 0 unspecified atom stereocenters. The lowest BCUT2D eigenvalue weighted by Gasteiger charge is -2.08. The molecule has 24 heavy (non-hydrogen) atoms. The third-order valence-electron chi connectivity index (χ3n) is 3.86. The number of nitrogens with zero attached hydrogens (tertiary/aromatic N) is 4. The third-order valence-corrected chi connectivity index (χ3v) is 4.09. The molecule has 2 aromatic carbocycles. The molecule has 0 fully saturated rings. The van der Waals surface area contributed by atoms with Gasteiger partial charge in [0.05, 0.1) is 23.3 Å². The van der Waals surface area contributed by atoms with Crippen LogP contribution in [0.1, 0.15) is 5.69 Å². The lowest BCUT2D eigenvalue weighted by Crippen LogP contribution is -2.24. The van der Waals surface area contributed by atoms with E-state index in [4.69, 9.17) is 11.6 Å². The van der Waals surface area contributed by atoms with Crippen LogP contribution >= 0.6 is 11.6 Å². The van der Waals surface area contributed by atoms with E-state index in [2.05, 4.69) is 10.2 Å². The first-order valence-electron chi connectivity index (χ1n) is 7.44. The van der Waals surface area contributed by atoms with Gasteiger partial charge in [0.25, 0.3) is 5.56 Å². The molecular formula is C18H13ClN4O. The van der Waals surface area contributed by atoms with Crippen LogP contribution in [0.15, 0.2) is 65.6 Å². The van der Waals surface area contributed by atoms with Gasteiger partial charge in [0, 0.05) is 10.4 Å². The first-order chi connectivity index (χ1) is 11.6. The van der Waals surface area contributed by atoms with Gasteiger partial charge in [-0.05, 0) is 37.3 Å². The summed E-state index contributed by atoms with van der Waals surface area (Å²) in [7, 11) is 0. The largest absolute Gasteiger partial charge is 0.298 e. The third kappa shape index (κ3) is 2.30. The Labute approximate surface area is 142 Å². The van der Waals surface area contributed by atoms with Gasteiger partial charge >= 0.3 is 0 Å². The fourth-order valence-electron chi connectivity index (χ4n) is 2.72. The summed E-state index contributed by atoms with van der Waals surface area (Å²) in [6.07, 6.45) is 1.66. The molecule has 6 heteroatoms. The first kappa shape index (κ1) is 14.7. The number of aryl methyl sites for hydroxylation is 1. The Kier molecular flexibility index (Phi) is 3.43. The maximum absolute atomic E-state index is 13.0. The molecule has 0 saturated carbocycles. The van der Waals surface area contributed by atoms with Gasteiger partial charge in [0.1, 0.15) is 5.52 Å². The summed E-state index contributed by atoms with van der Waals surface area (Å²) in [5, 5.41) is 10.1. The average Bonchev–Trinajstić information content (AvgIpc) is 3.05. The highest BCUT2D eigenvalue weighted by molar-refractivity contribution is 6.30. The summed E-state index contributed by atoms with van der Waals surface area (Å²) in [4.78, 5) is 13.0. The molecule has 4 rings (SSSR count). The van der Waals surface area contributed by atoms with Gasteiger partial charge in [0.15, 0.2) is 0 Å². The second-order valence-electron chi connectivity index (χ2n) is 5.44. The number of aromatic nitrogens is 4. The molecule has 0 atom stereocenters. The minimum Gasteiger partial charge on any atom is -0.265 e. The zero-order valence-corrected chi connectivity index (χ0v) is 13.6. The van der Waals surface area contributed by atoms with E-state index in [1.54, 1.807) is 23.0 Å². The lowest BCUT2D eigenvalue weighted by atomic mass is 10.2. The lowest BCUT2D eigenvalue weighted by molar-refractivity contribution is 0.791. The molecule has 118 valence electrons. The Morgan fingerprint density at radius 1 is 0.958 bits per heavy atom. The first-order valence-corrected chi connectivity index (χ1v) is 7.82. The van der Waals surface area contributed by atoms with Crippen LogP contribution in [0.4, 0.5) is 0 Å². The van der Waals surface area contributed by atoms with E-state index in [-0.39, 0.29) is 5.56 Å². The van der Waals surface area contributed by atoms with Crippen molar-refractivity contribution in [2.24, 2.45) is 0 Å². The monoisotopic (exact) mass is 336 g/mol. The van der Waals surface area contributed by atoms with Crippen molar-refractivity contribution in [1.82, 2.24) is 19.6 Å². The predicted octanol–water partition coefficient (Wildman–Crippen LogP) is 3.53. The van der Waals surface area contributed by atoms with Crippen LogP contribution in [0, 0.1) is 6.92 Å². The fraction of sp³-hybridized carbons (Fsp3) is 0.0556. The van der Waals surface area contributed by atoms with Crippen molar-refractivity contribution in [2.75, 3.05) is 0 Å². The van der Waals surface area contributed by atoms with Gasteiger partial charge in [-0.15, -0.1) is 0 Å². The van der Waals surface area contributed by atoms with Gasteiger partial charge < -0.3 is 0 Å². The van der Waals surface area contributed by atoms with Crippen LogP contribution < -0.4 is 5.56 Å². The number of benzene rings is 2. The van der Waals surface area contributed by atoms with Crippen LogP contribution in [0.5, 0.6) is 0 Å². The SMILES string of the molecule is Cc1nn(-c2ccccc2)c(=O)c2c1cnn2-c1cccc(Cl)c1. The minimum absolute atomic E-state index is 0.223. The summed E-state index contributed by atoms with van der Waals surface area (Å²) < 4.78 is 3.01. The van der Waals surface area contributed by atoms with Crippen LogP contribution in [0.25, 0.3) is 22.3 Å². The molecule has 2 aromatic heterocycles. The van der Waals surface area contributed by atoms with Crippen molar-refractivity contribution in [3.8, 4) is 11.4 Å². The number of para-hydroxylation sites is 1. The second kappa shape index (κ2) is 5.62. The quantitative estimate of drug-likeness (QED) is 0.562. The van der Waals surface area contributed by atoms with Crippen molar-refractivity contribution >= 4 is 22.5 Å². The average molecular weight is 337 g/mol. The number of hydrogen-bond acceptors (Lipinski definition) is 3. The molecule has 0 aliphatic carbocycles. The smallest absolute Gasteiger partial charge is 0.265 e. The zero-order chi connectivity index (χ0) is 16.7. The highest BCUT2D eigenvalue weighted by Crippen LogP contribution is 2.20. The van der Waals surface area contributed by atoms with E-state index in [9.17, 15) is 4.79 Å². The van der Waals surface area contributed by atoms with Gasteiger partial charge in [-0.3, -0.25) is 4.79 Å². The van der Waals surface area contributed by atoms with Crippen molar-refractivity contribution in [1.29, 1.82) is 0 Å². The number of hydrogen-bond donors (Lipinski definition) is 0. The molecule has 0 saturated heterocycles. The van der Waals surface area contributed by atoms with Gasteiger partial charge in [0.2, 0.25) is 0 Å². The second-order valence-corrected chi connectivity index (χ2v) is 5.87. The van der Waals surface area contributed by atoms with E-state index in [0.29, 0.717) is 16.2 Å². The molecule has 0 N–H and O–H groups in total. The molecule has 0 aliphatic rings. The summed E-state index contributed by atoms with van der Waals surface area (Å²) in [6.45, 7) is 1.87. The number of fused-ring (bicyclic) bond motifs is 1. The maximum atomic E-state index is 13.0. The van der Waals surface area contributed by atoms with Crippen molar-refractivity contribution in [3.05, 3.63) is 81.9 Å². The molecule has 0 radical (unpaired) electrons. The summed E-state index contributed by atoms with van der Waals surface area (Å²) in [5.41, 5.74) is 2.45.